The summed E-state index contributed by atoms with van der Waals surface area (Å²) in [6.45, 7) is 0. The predicted molar refractivity (Wildman–Crippen MR) is 43.8 cm³/mol. The van der Waals surface area contributed by atoms with Crippen LogP contribution < -0.4 is 16.1 Å². The molecule has 1 rings (SSSR count). The third-order valence-electron chi connectivity index (χ3n) is 0.954. The molecule has 0 saturated carbocycles. The Labute approximate surface area is 64.3 Å². The molecule has 0 aliphatic carbocycles. The van der Waals surface area contributed by atoms with E-state index >= 15 is 0 Å². The minimum atomic E-state index is -3.20. The summed E-state index contributed by atoms with van der Waals surface area (Å²) in [6, 6.07) is 5.11. The zero-order valence-electron chi connectivity index (χ0n) is 5.77. The van der Waals surface area contributed by atoms with Crippen LogP contribution in [0.4, 0.5) is 5.82 Å². The van der Waals surface area contributed by atoms with Crippen LogP contribution in [0, 0.1) is 0 Å². The van der Waals surface area contributed by atoms with E-state index in [0.29, 0.717) is 5.82 Å². The van der Waals surface area contributed by atoms with Crippen molar-refractivity contribution in [1.82, 2.24) is 4.98 Å². The molecule has 0 atom stereocenters. The van der Waals surface area contributed by atoms with Crippen molar-refractivity contribution in [2.45, 2.75) is 0 Å². The molecular formula is C5H9N4OP. The predicted octanol–water partition coefficient (Wildman–Crippen LogP) is 0.519. The summed E-state index contributed by atoms with van der Waals surface area (Å²) in [5.41, 5.74) is 10.1. The van der Waals surface area contributed by atoms with Gasteiger partial charge in [0.25, 0.3) is 7.59 Å². The molecule has 0 unspecified atom stereocenters. The minimum absolute atomic E-state index is 0.417. The quantitative estimate of drug-likeness (QED) is 0.565. The highest BCUT2D eigenvalue weighted by atomic mass is 31.2. The van der Waals surface area contributed by atoms with E-state index in [1.165, 1.54) is 0 Å². The van der Waals surface area contributed by atoms with Gasteiger partial charge in [0.05, 0.1) is 0 Å². The number of nitrogens with one attached hydrogen (secondary N) is 1. The molecule has 0 aliphatic heterocycles. The highest BCUT2D eigenvalue weighted by molar-refractivity contribution is 7.60. The Hall–Kier alpha value is -0.900. The molecule has 1 heterocycles. The standard InChI is InChI=1S/C5H9N4OP/c6-11(7,10)9-5-3-1-2-4-8-5/h1-4H,(H5,6,7,8,9,10). The lowest BCUT2D eigenvalue weighted by atomic mass is 10.5. The van der Waals surface area contributed by atoms with Crippen LogP contribution in [0.15, 0.2) is 24.4 Å². The Morgan fingerprint density at radius 3 is 2.64 bits per heavy atom. The van der Waals surface area contributed by atoms with Gasteiger partial charge in [-0.15, -0.1) is 0 Å². The topological polar surface area (TPSA) is 94.0 Å². The first-order chi connectivity index (χ1) is 5.08. The number of rotatable bonds is 2. The van der Waals surface area contributed by atoms with Gasteiger partial charge in [0.1, 0.15) is 5.82 Å². The fourth-order valence-electron chi connectivity index (χ4n) is 0.608. The number of aromatic nitrogens is 1. The van der Waals surface area contributed by atoms with Crippen molar-refractivity contribution in [1.29, 1.82) is 0 Å². The Morgan fingerprint density at radius 1 is 1.45 bits per heavy atom. The number of nitrogens with zero attached hydrogens (tertiary/aromatic N) is 1. The fraction of sp³-hybridized carbons (Fsp3) is 0. The van der Waals surface area contributed by atoms with Gasteiger partial charge >= 0.3 is 0 Å². The first-order valence-corrected chi connectivity index (χ1v) is 4.79. The first-order valence-electron chi connectivity index (χ1n) is 2.94. The van der Waals surface area contributed by atoms with E-state index in [4.69, 9.17) is 11.0 Å². The average Bonchev–Trinajstić information content (AvgIpc) is 1.85. The van der Waals surface area contributed by atoms with Crippen LogP contribution in [0.1, 0.15) is 0 Å². The SMILES string of the molecule is NP(N)(=O)Nc1ccccn1. The van der Waals surface area contributed by atoms with Crippen molar-refractivity contribution in [3.05, 3.63) is 24.4 Å². The number of anilines is 1. The van der Waals surface area contributed by atoms with Gasteiger partial charge in [-0.25, -0.2) is 4.98 Å². The van der Waals surface area contributed by atoms with Crippen molar-refractivity contribution >= 4 is 13.4 Å². The van der Waals surface area contributed by atoms with Crippen molar-refractivity contribution in [2.24, 2.45) is 11.0 Å². The fourth-order valence-corrected chi connectivity index (χ4v) is 1.10. The van der Waals surface area contributed by atoms with E-state index in [1.54, 1.807) is 24.4 Å². The summed E-state index contributed by atoms with van der Waals surface area (Å²) in [7, 11) is -3.20. The van der Waals surface area contributed by atoms with Crippen LogP contribution >= 0.6 is 7.59 Å². The maximum absolute atomic E-state index is 10.8. The van der Waals surface area contributed by atoms with E-state index in [0.717, 1.165) is 0 Å². The maximum atomic E-state index is 10.8. The molecule has 11 heavy (non-hydrogen) atoms. The molecule has 6 heteroatoms. The van der Waals surface area contributed by atoms with E-state index in [1.807, 2.05) is 0 Å². The van der Waals surface area contributed by atoms with Gasteiger partial charge in [-0.3, -0.25) is 20.7 Å². The molecule has 0 amide bonds. The Bertz CT molecular complexity index is 269. The highest BCUT2D eigenvalue weighted by Crippen LogP contribution is 2.24. The summed E-state index contributed by atoms with van der Waals surface area (Å²) < 4.78 is 10.8. The molecule has 1 aromatic rings. The third-order valence-corrected chi connectivity index (χ3v) is 1.53. The second-order valence-electron chi connectivity index (χ2n) is 2.04. The zero-order chi connectivity index (χ0) is 8.32. The molecular weight excluding hydrogens is 163 g/mol. The van der Waals surface area contributed by atoms with Gasteiger partial charge in [-0.1, -0.05) is 6.07 Å². The van der Waals surface area contributed by atoms with E-state index in [-0.39, 0.29) is 0 Å². The summed E-state index contributed by atoms with van der Waals surface area (Å²) in [6.07, 6.45) is 1.55. The molecule has 0 spiro atoms. The summed E-state index contributed by atoms with van der Waals surface area (Å²) in [5.74, 6) is 0.417. The van der Waals surface area contributed by atoms with E-state index in [2.05, 4.69) is 10.1 Å². The van der Waals surface area contributed by atoms with Crippen molar-refractivity contribution < 1.29 is 4.57 Å². The second-order valence-corrected chi connectivity index (χ2v) is 3.68. The monoisotopic (exact) mass is 172 g/mol. The van der Waals surface area contributed by atoms with Crippen LogP contribution in [-0.2, 0) is 4.57 Å². The normalized spacial score (nSPS) is 11.1. The summed E-state index contributed by atoms with van der Waals surface area (Å²) >= 11 is 0. The number of pyridine rings is 1. The molecule has 5 nitrogen and oxygen atoms in total. The third kappa shape index (κ3) is 3.13. The number of hydrogen-bond donors (Lipinski definition) is 3. The maximum Gasteiger partial charge on any atom is 0.299 e. The Balaban J connectivity index is 2.74. The van der Waals surface area contributed by atoms with Gasteiger partial charge in [-0.2, -0.15) is 0 Å². The summed E-state index contributed by atoms with van der Waals surface area (Å²) in [4.78, 5) is 3.82. The van der Waals surface area contributed by atoms with E-state index in [9.17, 15) is 4.57 Å². The van der Waals surface area contributed by atoms with Crippen LogP contribution in [0.5, 0.6) is 0 Å². The van der Waals surface area contributed by atoms with Crippen LogP contribution in [0.3, 0.4) is 0 Å². The van der Waals surface area contributed by atoms with Crippen molar-refractivity contribution in [2.75, 3.05) is 5.09 Å². The Morgan fingerprint density at radius 2 is 2.18 bits per heavy atom. The molecule has 0 bridgehead atoms. The molecule has 0 fully saturated rings. The Kier molecular flexibility index (Phi) is 2.24. The lowest BCUT2D eigenvalue weighted by molar-refractivity contribution is 0.580. The molecule has 0 aliphatic rings. The van der Waals surface area contributed by atoms with E-state index < -0.39 is 7.59 Å². The average molecular weight is 172 g/mol. The largest absolute Gasteiger partial charge is 0.299 e. The number of hydrogen-bond acceptors (Lipinski definition) is 2. The molecule has 0 aromatic carbocycles. The second kappa shape index (κ2) is 3.00. The van der Waals surface area contributed by atoms with Crippen molar-refractivity contribution in [3.63, 3.8) is 0 Å². The molecule has 60 valence electrons. The summed E-state index contributed by atoms with van der Waals surface area (Å²) in [5, 5.41) is 2.38. The lowest BCUT2D eigenvalue weighted by Gasteiger charge is -2.07. The molecule has 0 radical (unpaired) electrons. The van der Waals surface area contributed by atoms with Gasteiger partial charge in [0, 0.05) is 6.20 Å². The minimum Gasteiger partial charge on any atom is -0.298 e. The lowest BCUT2D eigenvalue weighted by Crippen LogP contribution is -2.13. The molecule has 0 saturated heterocycles. The van der Waals surface area contributed by atoms with Crippen molar-refractivity contribution in [3.8, 4) is 0 Å². The first kappa shape index (κ1) is 8.20. The van der Waals surface area contributed by atoms with Gasteiger partial charge in [0.15, 0.2) is 0 Å². The highest BCUT2D eigenvalue weighted by Gasteiger charge is 2.06. The van der Waals surface area contributed by atoms with Crippen LogP contribution in [-0.4, -0.2) is 4.98 Å². The van der Waals surface area contributed by atoms with Gasteiger partial charge in [-0.05, 0) is 12.1 Å². The smallest absolute Gasteiger partial charge is 0.298 e. The van der Waals surface area contributed by atoms with Crippen LogP contribution in [0.2, 0.25) is 0 Å². The zero-order valence-corrected chi connectivity index (χ0v) is 6.66. The number of nitrogens with two attached hydrogens (primary N) is 2. The van der Waals surface area contributed by atoms with Gasteiger partial charge in [0.2, 0.25) is 0 Å². The van der Waals surface area contributed by atoms with Gasteiger partial charge < -0.3 is 0 Å². The van der Waals surface area contributed by atoms with Crippen LogP contribution in [0.25, 0.3) is 0 Å². The molecule has 1 aromatic heterocycles. The molecule has 5 N–H and O–H groups in total.